The Bertz CT molecular complexity index is 776. The Morgan fingerprint density at radius 1 is 1.27 bits per heavy atom. The third-order valence-corrected chi connectivity index (χ3v) is 3.45. The van der Waals surface area contributed by atoms with Crippen LogP contribution in [0.2, 0.25) is 0 Å². The maximum absolute atomic E-state index is 11.6. The minimum Gasteiger partial charge on any atom is -0.465 e. The summed E-state index contributed by atoms with van der Waals surface area (Å²) in [5.74, 6) is -0.412. The molecule has 0 aliphatic rings. The van der Waals surface area contributed by atoms with E-state index in [-0.39, 0.29) is 18.0 Å². The van der Waals surface area contributed by atoms with Crippen LogP contribution in [0.3, 0.4) is 0 Å². The van der Waals surface area contributed by atoms with Crippen molar-refractivity contribution in [2.75, 3.05) is 19.4 Å². The highest BCUT2D eigenvalue weighted by atomic mass is 16.5. The number of amides is 1. The highest BCUT2D eigenvalue weighted by Crippen LogP contribution is 2.13. The number of aromatic nitrogens is 1. The Hall–Kier alpha value is -3.35. The fourth-order valence-corrected chi connectivity index (χ4v) is 2.11. The van der Waals surface area contributed by atoms with Crippen LogP contribution in [0, 0.1) is 0 Å². The molecular formula is C19H21N3O4. The van der Waals surface area contributed by atoms with Gasteiger partial charge in [-0.1, -0.05) is 42.5 Å². The van der Waals surface area contributed by atoms with Gasteiger partial charge in [0.1, 0.15) is 18.0 Å². The molecule has 0 spiro atoms. The van der Waals surface area contributed by atoms with Crippen LogP contribution in [0.5, 0.6) is 0 Å². The smallest absolute Gasteiger partial charge is 0.407 e. The van der Waals surface area contributed by atoms with Crippen LogP contribution < -0.4 is 11.1 Å². The number of ether oxygens (including phenoxy) is 2. The van der Waals surface area contributed by atoms with E-state index in [0.29, 0.717) is 18.5 Å². The first-order chi connectivity index (χ1) is 12.6. The lowest BCUT2D eigenvalue weighted by Gasteiger charge is -2.06. The monoisotopic (exact) mass is 355 g/mol. The van der Waals surface area contributed by atoms with Crippen molar-refractivity contribution < 1.29 is 19.1 Å². The number of benzene rings is 1. The number of anilines is 1. The second-order valence-electron chi connectivity index (χ2n) is 5.37. The van der Waals surface area contributed by atoms with E-state index in [0.717, 1.165) is 5.56 Å². The molecule has 7 nitrogen and oxygen atoms in total. The summed E-state index contributed by atoms with van der Waals surface area (Å²) in [6.45, 7) is 0.659. The molecule has 0 unspecified atom stereocenters. The molecule has 7 heteroatoms. The van der Waals surface area contributed by atoms with Gasteiger partial charge in [0.2, 0.25) is 0 Å². The molecule has 0 aliphatic heterocycles. The lowest BCUT2D eigenvalue weighted by molar-refractivity contribution is 0.0601. The number of nitrogens with zero attached hydrogens (tertiary/aromatic N) is 1. The predicted octanol–water partition coefficient (Wildman–Crippen LogP) is 2.78. The molecule has 2 aromatic rings. The highest BCUT2D eigenvalue weighted by molar-refractivity contribution is 5.94. The molecule has 0 bridgehead atoms. The Balaban J connectivity index is 1.74. The van der Waals surface area contributed by atoms with E-state index in [1.807, 2.05) is 36.4 Å². The van der Waals surface area contributed by atoms with Crippen LogP contribution in [0.4, 0.5) is 10.6 Å². The average Bonchev–Trinajstić information content (AvgIpc) is 2.67. The van der Waals surface area contributed by atoms with E-state index in [2.05, 4.69) is 15.0 Å². The quantitative estimate of drug-likeness (QED) is 0.585. The molecule has 0 aliphatic carbocycles. The molecule has 0 fully saturated rings. The molecule has 1 heterocycles. The van der Waals surface area contributed by atoms with Crippen molar-refractivity contribution in [2.24, 2.45) is 0 Å². The number of hydrogen-bond donors (Lipinski definition) is 2. The summed E-state index contributed by atoms with van der Waals surface area (Å²) in [4.78, 5) is 27.1. The standard InChI is InChI=1S/C19H21N3O4/c1-25-18(23)16-11-15(12-22-17(16)20)9-5-6-10-21-19(24)26-13-14-7-3-2-4-8-14/h2-5,7-9,11-12H,6,10,13H2,1H3,(H2,20,22)(H,21,24). The molecular weight excluding hydrogens is 334 g/mol. The van der Waals surface area contributed by atoms with Crippen molar-refractivity contribution in [3.63, 3.8) is 0 Å². The van der Waals surface area contributed by atoms with Crippen LogP contribution in [0.25, 0.3) is 6.08 Å². The Labute approximate surface area is 151 Å². The number of carbonyl (C=O) groups is 2. The zero-order valence-corrected chi connectivity index (χ0v) is 14.5. The first-order valence-corrected chi connectivity index (χ1v) is 8.05. The molecule has 26 heavy (non-hydrogen) atoms. The summed E-state index contributed by atoms with van der Waals surface area (Å²) < 4.78 is 9.76. The highest BCUT2D eigenvalue weighted by Gasteiger charge is 2.10. The SMILES string of the molecule is COC(=O)c1cc(C=CCCNC(=O)OCc2ccccc2)cnc1N. The topological polar surface area (TPSA) is 104 Å². The Morgan fingerprint density at radius 3 is 2.77 bits per heavy atom. The van der Waals surface area contributed by atoms with E-state index < -0.39 is 12.1 Å². The normalized spacial score (nSPS) is 10.5. The molecule has 0 saturated carbocycles. The van der Waals surface area contributed by atoms with Gasteiger partial charge in [-0.2, -0.15) is 0 Å². The molecule has 1 amide bonds. The van der Waals surface area contributed by atoms with Gasteiger partial charge in [-0.3, -0.25) is 0 Å². The molecule has 136 valence electrons. The zero-order chi connectivity index (χ0) is 18.8. The van der Waals surface area contributed by atoms with Gasteiger partial charge in [-0.05, 0) is 23.6 Å². The largest absolute Gasteiger partial charge is 0.465 e. The average molecular weight is 355 g/mol. The van der Waals surface area contributed by atoms with Crippen molar-refractivity contribution in [2.45, 2.75) is 13.0 Å². The van der Waals surface area contributed by atoms with Gasteiger partial charge in [-0.15, -0.1) is 0 Å². The molecule has 1 aromatic heterocycles. The van der Waals surface area contributed by atoms with Crippen molar-refractivity contribution in [1.29, 1.82) is 0 Å². The second-order valence-corrected chi connectivity index (χ2v) is 5.37. The summed E-state index contributed by atoms with van der Waals surface area (Å²) in [6, 6.07) is 11.1. The molecule has 2 rings (SSSR count). The number of nitrogens with one attached hydrogen (secondary N) is 1. The summed E-state index contributed by atoms with van der Waals surface area (Å²) in [5, 5.41) is 2.66. The van der Waals surface area contributed by atoms with Gasteiger partial charge in [0.15, 0.2) is 0 Å². The van der Waals surface area contributed by atoms with Gasteiger partial charge in [0, 0.05) is 12.7 Å². The summed E-state index contributed by atoms with van der Waals surface area (Å²) >= 11 is 0. The number of carbonyl (C=O) groups excluding carboxylic acids is 2. The van der Waals surface area contributed by atoms with Crippen LogP contribution in [-0.4, -0.2) is 30.7 Å². The number of rotatable bonds is 7. The van der Waals surface area contributed by atoms with Crippen molar-refractivity contribution >= 4 is 24.0 Å². The molecule has 0 atom stereocenters. The van der Waals surface area contributed by atoms with E-state index in [1.54, 1.807) is 18.3 Å². The van der Waals surface area contributed by atoms with Crippen molar-refractivity contribution in [3.8, 4) is 0 Å². The van der Waals surface area contributed by atoms with Gasteiger partial charge >= 0.3 is 12.1 Å². The maximum Gasteiger partial charge on any atom is 0.407 e. The second kappa shape index (κ2) is 9.83. The fourth-order valence-electron chi connectivity index (χ4n) is 2.11. The molecule has 0 radical (unpaired) electrons. The summed E-state index contributed by atoms with van der Waals surface area (Å²) in [7, 11) is 1.28. The van der Waals surface area contributed by atoms with Gasteiger partial charge in [0.25, 0.3) is 0 Å². The van der Waals surface area contributed by atoms with Crippen LogP contribution in [0.1, 0.15) is 27.9 Å². The Morgan fingerprint density at radius 2 is 2.04 bits per heavy atom. The van der Waals surface area contributed by atoms with Gasteiger partial charge < -0.3 is 20.5 Å². The maximum atomic E-state index is 11.6. The van der Waals surface area contributed by atoms with Crippen molar-refractivity contribution in [3.05, 3.63) is 65.4 Å². The molecule has 1 aromatic carbocycles. The first kappa shape index (κ1) is 19.0. The summed E-state index contributed by atoms with van der Waals surface area (Å²) in [5.41, 5.74) is 7.51. The van der Waals surface area contributed by atoms with Gasteiger partial charge in [0.05, 0.1) is 7.11 Å². The van der Waals surface area contributed by atoms with Crippen molar-refractivity contribution in [1.82, 2.24) is 10.3 Å². The van der Waals surface area contributed by atoms with Crippen LogP contribution in [-0.2, 0) is 16.1 Å². The number of methoxy groups -OCH3 is 1. The third kappa shape index (κ3) is 5.94. The molecule has 0 saturated heterocycles. The lowest BCUT2D eigenvalue weighted by atomic mass is 10.1. The minimum absolute atomic E-state index is 0.122. The summed E-state index contributed by atoms with van der Waals surface area (Å²) in [6.07, 6.45) is 5.32. The first-order valence-electron chi connectivity index (χ1n) is 8.05. The third-order valence-electron chi connectivity index (χ3n) is 3.45. The number of hydrogen-bond acceptors (Lipinski definition) is 6. The predicted molar refractivity (Wildman–Crippen MR) is 98.3 cm³/mol. The van der Waals surface area contributed by atoms with E-state index >= 15 is 0 Å². The number of nitrogens with two attached hydrogens (primary N) is 1. The van der Waals surface area contributed by atoms with E-state index in [1.165, 1.54) is 7.11 Å². The number of nitrogen functional groups attached to an aromatic ring is 1. The number of esters is 1. The Kier molecular flexibility index (Phi) is 7.17. The fraction of sp³-hybridized carbons (Fsp3) is 0.211. The van der Waals surface area contributed by atoms with Crippen LogP contribution >= 0.6 is 0 Å². The van der Waals surface area contributed by atoms with E-state index in [9.17, 15) is 9.59 Å². The lowest BCUT2D eigenvalue weighted by Crippen LogP contribution is -2.24. The van der Waals surface area contributed by atoms with Gasteiger partial charge in [-0.25, -0.2) is 14.6 Å². The minimum atomic E-state index is -0.534. The zero-order valence-electron chi connectivity index (χ0n) is 14.5. The number of pyridine rings is 1. The van der Waals surface area contributed by atoms with E-state index in [4.69, 9.17) is 10.5 Å². The molecule has 3 N–H and O–H groups in total. The number of alkyl carbamates (subject to hydrolysis) is 1. The van der Waals surface area contributed by atoms with Crippen LogP contribution in [0.15, 0.2) is 48.7 Å².